The molecular formula is C10H19N5. The summed E-state index contributed by atoms with van der Waals surface area (Å²) in [5, 5.41) is 14.5. The van der Waals surface area contributed by atoms with E-state index in [1.54, 1.807) is 0 Å². The average molecular weight is 209 g/mol. The van der Waals surface area contributed by atoms with Crippen LogP contribution >= 0.6 is 0 Å². The van der Waals surface area contributed by atoms with Crippen molar-refractivity contribution >= 4 is 0 Å². The summed E-state index contributed by atoms with van der Waals surface area (Å²) < 4.78 is 0. The Balaban J connectivity index is 2.43. The van der Waals surface area contributed by atoms with Crippen molar-refractivity contribution < 1.29 is 0 Å². The molecule has 15 heavy (non-hydrogen) atoms. The van der Waals surface area contributed by atoms with E-state index in [1.807, 2.05) is 6.20 Å². The molecule has 0 unspecified atom stereocenters. The standard InChI is InChI=1S/C10H19N5/c1-3-5-7-15(8-6-4-2)9-10-11-13-14-12-10/h9H,3-8H2,1-2H3. The number of nitrogens with zero attached hydrogens (tertiary/aromatic N) is 5. The molecule has 1 rings (SSSR count). The summed E-state index contributed by atoms with van der Waals surface area (Å²) in [7, 11) is 0. The van der Waals surface area contributed by atoms with Crippen molar-refractivity contribution in [3.05, 3.63) is 12.0 Å². The normalized spacial score (nSPS) is 13.6. The highest BCUT2D eigenvalue weighted by molar-refractivity contribution is 4.96. The van der Waals surface area contributed by atoms with E-state index in [4.69, 9.17) is 0 Å². The molecule has 0 spiro atoms. The maximum atomic E-state index is 3.80. The van der Waals surface area contributed by atoms with Crippen molar-refractivity contribution in [2.24, 2.45) is 20.7 Å². The first kappa shape index (κ1) is 11.8. The van der Waals surface area contributed by atoms with Gasteiger partial charge in [0.25, 0.3) is 0 Å². The van der Waals surface area contributed by atoms with Crippen LogP contribution in [0, 0.1) is 0 Å². The minimum atomic E-state index is 0.613. The molecule has 0 aliphatic carbocycles. The fourth-order valence-corrected chi connectivity index (χ4v) is 1.33. The van der Waals surface area contributed by atoms with Gasteiger partial charge in [-0.3, -0.25) is 0 Å². The van der Waals surface area contributed by atoms with Crippen LogP contribution in [0.5, 0.6) is 0 Å². The lowest BCUT2D eigenvalue weighted by molar-refractivity contribution is 0.357. The fourth-order valence-electron chi connectivity index (χ4n) is 1.33. The van der Waals surface area contributed by atoms with Gasteiger partial charge >= 0.3 is 0 Å². The van der Waals surface area contributed by atoms with Crippen LogP contribution in [0.1, 0.15) is 39.5 Å². The molecule has 0 atom stereocenters. The van der Waals surface area contributed by atoms with E-state index in [0.29, 0.717) is 5.82 Å². The van der Waals surface area contributed by atoms with Crippen LogP contribution in [0.3, 0.4) is 0 Å². The highest BCUT2D eigenvalue weighted by Gasteiger charge is 2.03. The van der Waals surface area contributed by atoms with E-state index >= 15 is 0 Å². The van der Waals surface area contributed by atoms with Crippen LogP contribution < -0.4 is 0 Å². The van der Waals surface area contributed by atoms with E-state index in [9.17, 15) is 0 Å². The number of hydrogen-bond donors (Lipinski definition) is 0. The maximum absolute atomic E-state index is 3.80. The summed E-state index contributed by atoms with van der Waals surface area (Å²) in [6.45, 7) is 6.51. The lowest BCUT2D eigenvalue weighted by Gasteiger charge is -2.19. The Bertz CT molecular complexity index is 235. The third-order valence-corrected chi connectivity index (χ3v) is 2.23. The molecule has 1 heterocycles. The van der Waals surface area contributed by atoms with Gasteiger partial charge in [-0.05, 0) is 23.3 Å². The molecule has 0 amide bonds. The van der Waals surface area contributed by atoms with Gasteiger partial charge in [0.05, 0.1) is 0 Å². The van der Waals surface area contributed by atoms with Gasteiger partial charge in [-0.15, -0.1) is 10.2 Å². The molecule has 0 fully saturated rings. The predicted octanol–water partition coefficient (Wildman–Crippen LogP) is 3.52. The zero-order valence-corrected chi connectivity index (χ0v) is 9.56. The summed E-state index contributed by atoms with van der Waals surface area (Å²) in [5.41, 5.74) is 0. The molecule has 0 aromatic carbocycles. The highest BCUT2D eigenvalue weighted by Crippen LogP contribution is 2.11. The largest absolute Gasteiger partial charge is 0.374 e. The monoisotopic (exact) mass is 209 g/mol. The molecular weight excluding hydrogens is 190 g/mol. The number of unbranched alkanes of at least 4 members (excludes halogenated alkanes) is 2. The van der Waals surface area contributed by atoms with Gasteiger partial charge in [-0.2, -0.15) is 0 Å². The van der Waals surface area contributed by atoms with Gasteiger partial charge in [0.15, 0.2) is 0 Å². The predicted molar refractivity (Wildman–Crippen MR) is 59.2 cm³/mol. The van der Waals surface area contributed by atoms with Crippen molar-refractivity contribution in [3.8, 4) is 0 Å². The first-order valence-corrected chi connectivity index (χ1v) is 5.64. The minimum absolute atomic E-state index is 0.613. The summed E-state index contributed by atoms with van der Waals surface area (Å²) in [6.07, 6.45) is 6.75. The third kappa shape index (κ3) is 4.67. The van der Waals surface area contributed by atoms with Gasteiger partial charge in [0, 0.05) is 19.3 Å². The van der Waals surface area contributed by atoms with Crippen LogP contribution in [0.4, 0.5) is 0 Å². The van der Waals surface area contributed by atoms with Crippen molar-refractivity contribution in [1.82, 2.24) is 4.90 Å². The molecule has 0 radical (unpaired) electrons. The van der Waals surface area contributed by atoms with Gasteiger partial charge in [0.2, 0.25) is 5.82 Å². The van der Waals surface area contributed by atoms with Crippen molar-refractivity contribution in [2.45, 2.75) is 39.5 Å². The molecule has 1 aliphatic heterocycles. The average Bonchev–Trinajstić information content (AvgIpc) is 2.74. The molecule has 5 heteroatoms. The summed E-state index contributed by atoms with van der Waals surface area (Å²) in [4.78, 5) is 2.26. The van der Waals surface area contributed by atoms with Gasteiger partial charge in [0.1, 0.15) is 0 Å². The molecule has 0 aromatic rings. The first-order valence-electron chi connectivity index (χ1n) is 5.64. The van der Waals surface area contributed by atoms with Crippen LogP contribution in [0.15, 0.2) is 32.7 Å². The zero-order chi connectivity index (χ0) is 10.9. The van der Waals surface area contributed by atoms with Crippen LogP contribution in [-0.4, -0.2) is 18.0 Å². The molecule has 5 nitrogen and oxygen atoms in total. The van der Waals surface area contributed by atoms with E-state index in [1.165, 1.54) is 25.7 Å². The second kappa shape index (κ2) is 7.09. The Morgan fingerprint density at radius 1 is 1.00 bits per heavy atom. The Hall–Kier alpha value is -1.26. The van der Waals surface area contributed by atoms with E-state index in [-0.39, 0.29) is 0 Å². The van der Waals surface area contributed by atoms with Gasteiger partial charge in [-0.1, -0.05) is 26.7 Å². The fraction of sp³-hybridized carbons (Fsp3) is 0.800. The van der Waals surface area contributed by atoms with E-state index in [0.717, 1.165) is 13.1 Å². The summed E-state index contributed by atoms with van der Waals surface area (Å²) >= 11 is 0. The topological polar surface area (TPSA) is 52.7 Å². The van der Waals surface area contributed by atoms with Gasteiger partial charge in [-0.25, -0.2) is 0 Å². The SMILES string of the molecule is CCCCN(C=C1N=NN=N1)CCCC. The lowest BCUT2D eigenvalue weighted by Crippen LogP contribution is -2.20. The second-order valence-electron chi connectivity index (χ2n) is 3.61. The molecule has 0 aromatic heterocycles. The smallest absolute Gasteiger partial charge is 0.215 e. The van der Waals surface area contributed by atoms with E-state index in [2.05, 4.69) is 39.4 Å². The van der Waals surface area contributed by atoms with Crippen molar-refractivity contribution in [2.75, 3.05) is 13.1 Å². The summed E-state index contributed by atoms with van der Waals surface area (Å²) in [6, 6.07) is 0. The Labute approximate surface area is 91.0 Å². The minimum Gasteiger partial charge on any atom is -0.374 e. The Morgan fingerprint density at radius 2 is 1.53 bits per heavy atom. The molecule has 1 aliphatic rings. The Morgan fingerprint density at radius 3 is 2.00 bits per heavy atom. The van der Waals surface area contributed by atoms with E-state index < -0.39 is 0 Å². The molecule has 0 bridgehead atoms. The molecule has 0 N–H and O–H groups in total. The van der Waals surface area contributed by atoms with Crippen LogP contribution in [-0.2, 0) is 0 Å². The number of hydrogen-bond acceptors (Lipinski definition) is 5. The van der Waals surface area contributed by atoms with Crippen LogP contribution in [0.2, 0.25) is 0 Å². The van der Waals surface area contributed by atoms with Gasteiger partial charge < -0.3 is 4.90 Å². The highest BCUT2D eigenvalue weighted by atomic mass is 15.5. The van der Waals surface area contributed by atoms with Crippen molar-refractivity contribution in [3.63, 3.8) is 0 Å². The molecule has 0 saturated carbocycles. The lowest BCUT2D eigenvalue weighted by atomic mass is 10.3. The van der Waals surface area contributed by atoms with Crippen LogP contribution in [0.25, 0.3) is 0 Å². The summed E-state index contributed by atoms with van der Waals surface area (Å²) in [5.74, 6) is 0.613. The third-order valence-electron chi connectivity index (χ3n) is 2.23. The molecule has 84 valence electrons. The number of rotatable bonds is 7. The second-order valence-corrected chi connectivity index (χ2v) is 3.61. The van der Waals surface area contributed by atoms with Crippen molar-refractivity contribution in [1.29, 1.82) is 0 Å². The maximum Gasteiger partial charge on any atom is 0.215 e. The molecule has 0 saturated heterocycles. The first-order chi connectivity index (χ1) is 7.36. The Kier molecular flexibility index (Phi) is 5.58. The zero-order valence-electron chi connectivity index (χ0n) is 9.56. The quantitative estimate of drug-likeness (QED) is 0.632.